The van der Waals surface area contributed by atoms with Gasteiger partial charge in [0.1, 0.15) is 0 Å². The van der Waals surface area contributed by atoms with E-state index in [9.17, 15) is 9.59 Å². The number of pyridine rings is 1. The maximum Gasteiger partial charge on any atom is 0.227 e. The highest BCUT2D eigenvalue weighted by molar-refractivity contribution is 5.84. The Bertz CT molecular complexity index is 617. The molecule has 7 nitrogen and oxygen atoms in total. The molecule has 0 radical (unpaired) electrons. The van der Waals surface area contributed by atoms with Crippen LogP contribution in [-0.2, 0) is 20.7 Å². The minimum atomic E-state index is -0.0723. The molecule has 0 bridgehead atoms. The summed E-state index contributed by atoms with van der Waals surface area (Å²) in [4.78, 5) is 35.7. The van der Waals surface area contributed by atoms with Crippen molar-refractivity contribution in [2.24, 2.45) is 5.92 Å². The molecule has 3 rings (SSSR count). The number of hydrogen-bond donors (Lipinski definition) is 0. The van der Waals surface area contributed by atoms with E-state index in [1.54, 1.807) is 13.3 Å². The fraction of sp³-hybridized carbons (Fsp3) is 0.650. The third-order valence-corrected chi connectivity index (χ3v) is 5.51. The molecule has 1 unspecified atom stereocenters. The van der Waals surface area contributed by atoms with E-state index in [4.69, 9.17) is 4.74 Å². The fourth-order valence-electron chi connectivity index (χ4n) is 3.80. The Morgan fingerprint density at radius 1 is 1.22 bits per heavy atom. The zero-order chi connectivity index (χ0) is 19.1. The second kappa shape index (κ2) is 9.80. The molecule has 27 heavy (non-hydrogen) atoms. The van der Waals surface area contributed by atoms with E-state index in [1.807, 2.05) is 28.0 Å². The lowest BCUT2D eigenvalue weighted by Gasteiger charge is -2.38. The molecular weight excluding hydrogens is 344 g/mol. The van der Waals surface area contributed by atoms with Crippen LogP contribution in [0.4, 0.5) is 0 Å². The van der Waals surface area contributed by atoms with Crippen LogP contribution in [0.5, 0.6) is 0 Å². The average Bonchev–Trinajstić information content (AvgIpc) is 2.72. The number of carbonyl (C=O) groups excluding carboxylic acids is 2. The second-order valence-electron chi connectivity index (χ2n) is 7.31. The van der Waals surface area contributed by atoms with E-state index >= 15 is 0 Å². The number of nitrogens with zero attached hydrogens (tertiary/aromatic N) is 4. The predicted octanol–water partition coefficient (Wildman–Crippen LogP) is 0.653. The lowest BCUT2D eigenvalue weighted by molar-refractivity contribution is -0.144. The molecule has 2 fully saturated rings. The molecule has 2 amide bonds. The van der Waals surface area contributed by atoms with Crippen LogP contribution in [0.25, 0.3) is 0 Å². The number of amides is 2. The number of rotatable bonds is 7. The van der Waals surface area contributed by atoms with Gasteiger partial charge in [0.2, 0.25) is 11.8 Å². The molecule has 2 saturated heterocycles. The SMILES string of the molecule is COCCN1CCN(C(=O)C2CCC(=O)N(CCc3ccccn3)C2)CC1. The largest absolute Gasteiger partial charge is 0.383 e. The molecule has 0 N–H and O–H groups in total. The van der Waals surface area contributed by atoms with Crippen molar-refractivity contribution >= 4 is 11.8 Å². The van der Waals surface area contributed by atoms with Gasteiger partial charge in [0.25, 0.3) is 0 Å². The second-order valence-corrected chi connectivity index (χ2v) is 7.31. The lowest BCUT2D eigenvalue weighted by atomic mass is 9.95. The number of piperazine rings is 1. The molecule has 7 heteroatoms. The predicted molar refractivity (Wildman–Crippen MR) is 102 cm³/mol. The summed E-state index contributed by atoms with van der Waals surface area (Å²) >= 11 is 0. The van der Waals surface area contributed by atoms with Crippen molar-refractivity contribution in [3.05, 3.63) is 30.1 Å². The minimum absolute atomic E-state index is 0.0723. The van der Waals surface area contributed by atoms with E-state index in [1.165, 1.54) is 0 Å². The van der Waals surface area contributed by atoms with Crippen LogP contribution < -0.4 is 0 Å². The number of ether oxygens (including phenoxy) is 1. The van der Waals surface area contributed by atoms with Gasteiger partial charge < -0.3 is 14.5 Å². The van der Waals surface area contributed by atoms with Crippen LogP contribution in [0.2, 0.25) is 0 Å². The number of piperidine rings is 1. The molecule has 0 aliphatic carbocycles. The first-order valence-corrected chi connectivity index (χ1v) is 9.85. The molecule has 0 spiro atoms. The summed E-state index contributed by atoms with van der Waals surface area (Å²) in [6, 6.07) is 5.82. The first kappa shape index (κ1) is 19.8. The van der Waals surface area contributed by atoms with Crippen molar-refractivity contribution in [3.63, 3.8) is 0 Å². The molecule has 2 aliphatic rings. The van der Waals surface area contributed by atoms with Crippen LogP contribution in [0, 0.1) is 5.92 Å². The summed E-state index contributed by atoms with van der Waals surface area (Å²) in [6.07, 6.45) is 3.63. The molecule has 0 saturated carbocycles. The zero-order valence-corrected chi connectivity index (χ0v) is 16.2. The Balaban J connectivity index is 1.48. The normalized spacial score (nSPS) is 21.5. The number of likely N-dealkylation sites (tertiary alicyclic amines) is 1. The Labute approximate surface area is 161 Å². The van der Waals surface area contributed by atoms with E-state index in [-0.39, 0.29) is 17.7 Å². The van der Waals surface area contributed by atoms with Gasteiger partial charge in [-0.25, -0.2) is 0 Å². The Kier molecular flexibility index (Phi) is 7.18. The van der Waals surface area contributed by atoms with E-state index in [2.05, 4.69) is 9.88 Å². The summed E-state index contributed by atoms with van der Waals surface area (Å²) in [5.74, 6) is 0.285. The molecule has 3 heterocycles. The summed E-state index contributed by atoms with van der Waals surface area (Å²) in [7, 11) is 1.71. The first-order valence-electron chi connectivity index (χ1n) is 9.85. The maximum absolute atomic E-state index is 12.9. The smallest absolute Gasteiger partial charge is 0.227 e. The third kappa shape index (κ3) is 5.49. The van der Waals surface area contributed by atoms with Crippen molar-refractivity contribution in [2.45, 2.75) is 19.3 Å². The molecule has 1 aromatic heterocycles. The summed E-state index contributed by atoms with van der Waals surface area (Å²) in [6.45, 7) is 6.12. The van der Waals surface area contributed by atoms with Gasteiger partial charge in [0.05, 0.1) is 12.5 Å². The number of methoxy groups -OCH3 is 1. The van der Waals surface area contributed by atoms with Crippen molar-refractivity contribution in [3.8, 4) is 0 Å². The van der Waals surface area contributed by atoms with Gasteiger partial charge in [0, 0.05) is 77.7 Å². The maximum atomic E-state index is 12.9. The summed E-state index contributed by atoms with van der Waals surface area (Å²) < 4.78 is 5.13. The molecular formula is C20H30N4O3. The third-order valence-electron chi connectivity index (χ3n) is 5.51. The van der Waals surface area contributed by atoms with Gasteiger partial charge in [-0.15, -0.1) is 0 Å². The first-order chi connectivity index (χ1) is 13.2. The topological polar surface area (TPSA) is 66.0 Å². The number of aromatic nitrogens is 1. The van der Waals surface area contributed by atoms with E-state index in [0.717, 1.165) is 51.4 Å². The quantitative estimate of drug-likeness (QED) is 0.701. The Hall–Kier alpha value is -1.99. The van der Waals surface area contributed by atoms with Gasteiger partial charge >= 0.3 is 0 Å². The minimum Gasteiger partial charge on any atom is -0.383 e. The van der Waals surface area contributed by atoms with Gasteiger partial charge in [-0.1, -0.05) is 6.07 Å². The van der Waals surface area contributed by atoms with Gasteiger partial charge in [-0.05, 0) is 18.6 Å². The number of carbonyl (C=O) groups is 2. The summed E-state index contributed by atoms with van der Waals surface area (Å²) in [5, 5.41) is 0. The number of hydrogen-bond acceptors (Lipinski definition) is 5. The van der Waals surface area contributed by atoms with Gasteiger partial charge in [-0.3, -0.25) is 19.5 Å². The highest BCUT2D eigenvalue weighted by Gasteiger charge is 2.33. The fourth-order valence-corrected chi connectivity index (χ4v) is 3.80. The average molecular weight is 374 g/mol. The van der Waals surface area contributed by atoms with Crippen LogP contribution in [0.1, 0.15) is 18.5 Å². The van der Waals surface area contributed by atoms with E-state index < -0.39 is 0 Å². The van der Waals surface area contributed by atoms with Crippen molar-refractivity contribution < 1.29 is 14.3 Å². The highest BCUT2D eigenvalue weighted by Crippen LogP contribution is 2.21. The molecule has 0 aromatic carbocycles. The van der Waals surface area contributed by atoms with Crippen LogP contribution >= 0.6 is 0 Å². The summed E-state index contributed by atoms with van der Waals surface area (Å²) in [5.41, 5.74) is 0.978. The Morgan fingerprint density at radius 3 is 2.74 bits per heavy atom. The van der Waals surface area contributed by atoms with Crippen molar-refractivity contribution in [1.82, 2.24) is 19.7 Å². The zero-order valence-electron chi connectivity index (χ0n) is 16.2. The van der Waals surface area contributed by atoms with Gasteiger partial charge in [0.15, 0.2) is 0 Å². The molecule has 1 aromatic rings. The van der Waals surface area contributed by atoms with Gasteiger partial charge in [-0.2, -0.15) is 0 Å². The van der Waals surface area contributed by atoms with E-state index in [0.29, 0.717) is 25.9 Å². The molecule has 1 atom stereocenters. The van der Waals surface area contributed by atoms with Crippen LogP contribution in [0.3, 0.4) is 0 Å². The Morgan fingerprint density at radius 2 is 2.04 bits per heavy atom. The van der Waals surface area contributed by atoms with Crippen LogP contribution in [0.15, 0.2) is 24.4 Å². The molecule has 2 aliphatic heterocycles. The molecule has 148 valence electrons. The lowest BCUT2D eigenvalue weighted by Crippen LogP contribution is -2.53. The highest BCUT2D eigenvalue weighted by atomic mass is 16.5. The standard InChI is InChI=1S/C20H30N4O3/c1-27-15-14-22-10-12-23(13-11-22)20(26)17-5-6-19(25)24(16-17)9-7-18-4-2-3-8-21-18/h2-4,8,17H,5-7,9-16H2,1H3. The van der Waals surface area contributed by atoms with Crippen LogP contribution in [-0.4, -0.2) is 91.0 Å². The van der Waals surface area contributed by atoms with Crippen molar-refractivity contribution in [2.75, 3.05) is 59.5 Å². The monoisotopic (exact) mass is 374 g/mol. The van der Waals surface area contributed by atoms with Crippen molar-refractivity contribution in [1.29, 1.82) is 0 Å².